The highest BCUT2D eigenvalue weighted by Gasteiger charge is 2.24. The summed E-state index contributed by atoms with van der Waals surface area (Å²) in [7, 11) is 1.71. The van der Waals surface area contributed by atoms with Crippen LogP contribution in [0.4, 0.5) is 5.69 Å². The number of aryl methyl sites for hydroxylation is 1. The van der Waals surface area contributed by atoms with Crippen LogP contribution in [0, 0.1) is 6.92 Å². The molecule has 0 aromatic heterocycles. The highest BCUT2D eigenvalue weighted by atomic mass is 16.5. The number of benzene rings is 1. The molecule has 1 saturated heterocycles. The van der Waals surface area contributed by atoms with Crippen LogP contribution < -0.4 is 10.1 Å². The van der Waals surface area contributed by atoms with E-state index in [0.717, 1.165) is 12.3 Å². The highest BCUT2D eigenvalue weighted by Crippen LogP contribution is 2.24. The second kappa shape index (κ2) is 5.61. The summed E-state index contributed by atoms with van der Waals surface area (Å²) in [5.41, 5.74) is 2.48. The van der Waals surface area contributed by atoms with Crippen LogP contribution in [0.3, 0.4) is 0 Å². The van der Waals surface area contributed by atoms with Gasteiger partial charge in [0.1, 0.15) is 5.75 Å². The first-order chi connectivity index (χ1) is 8.60. The van der Waals surface area contributed by atoms with E-state index in [-0.39, 0.29) is 0 Å². The molecular weight excluding hydrogens is 224 g/mol. The molecule has 1 aromatic rings. The Morgan fingerprint density at radius 1 is 1.39 bits per heavy atom. The van der Waals surface area contributed by atoms with Crippen LogP contribution in [0.5, 0.6) is 5.75 Å². The molecule has 0 spiro atoms. The Kier molecular flexibility index (Phi) is 4.12. The Morgan fingerprint density at radius 3 is 2.72 bits per heavy atom. The number of methoxy groups -OCH3 is 1. The van der Waals surface area contributed by atoms with Crippen LogP contribution in [0.1, 0.15) is 25.8 Å². The molecule has 1 atom stereocenters. The maximum atomic E-state index is 5.23. The normalized spacial score (nSPS) is 20.4. The Morgan fingerprint density at radius 2 is 2.17 bits per heavy atom. The summed E-state index contributed by atoms with van der Waals surface area (Å²) in [6.45, 7) is 9.00. The van der Waals surface area contributed by atoms with Gasteiger partial charge in [0.15, 0.2) is 0 Å². The van der Waals surface area contributed by atoms with Crippen molar-refractivity contribution in [2.24, 2.45) is 0 Å². The molecule has 0 bridgehead atoms. The number of ether oxygens (including phenoxy) is 1. The van der Waals surface area contributed by atoms with Gasteiger partial charge in [-0.1, -0.05) is 0 Å². The van der Waals surface area contributed by atoms with Crippen LogP contribution in [0.25, 0.3) is 0 Å². The highest BCUT2D eigenvalue weighted by molar-refractivity contribution is 5.54. The van der Waals surface area contributed by atoms with Crippen molar-refractivity contribution >= 4 is 5.69 Å². The number of nitrogens with one attached hydrogen (secondary N) is 1. The molecule has 3 nitrogen and oxygen atoms in total. The zero-order valence-electron chi connectivity index (χ0n) is 11.9. The Balaban J connectivity index is 1.98. The summed E-state index contributed by atoms with van der Waals surface area (Å²) in [5.74, 6) is 0.924. The fraction of sp³-hybridized carbons (Fsp3) is 0.600. The summed E-state index contributed by atoms with van der Waals surface area (Å²) in [6.07, 6.45) is 1.23. The van der Waals surface area contributed by atoms with Crippen molar-refractivity contribution in [3.8, 4) is 5.75 Å². The molecule has 0 amide bonds. The molecule has 0 aliphatic carbocycles. The summed E-state index contributed by atoms with van der Waals surface area (Å²) in [5, 5.41) is 3.65. The van der Waals surface area contributed by atoms with Gasteiger partial charge in [-0.3, -0.25) is 4.90 Å². The molecule has 0 saturated carbocycles. The molecule has 1 aliphatic heterocycles. The first-order valence-electron chi connectivity index (χ1n) is 6.75. The lowest BCUT2D eigenvalue weighted by atomic mass is 10.1. The summed E-state index contributed by atoms with van der Waals surface area (Å²) >= 11 is 0. The van der Waals surface area contributed by atoms with Gasteiger partial charge in [-0.25, -0.2) is 0 Å². The molecule has 0 radical (unpaired) electrons. The monoisotopic (exact) mass is 248 g/mol. The van der Waals surface area contributed by atoms with Gasteiger partial charge < -0.3 is 10.1 Å². The third-order valence-corrected chi connectivity index (χ3v) is 3.74. The molecule has 1 aromatic carbocycles. The maximum absolute atomic E-state index is 5.23. The minimum Gasteiger partial charge on any atom is -0.497 e. The van der Waals surface area contributed by atoms with E-state index in [4.69, 9.17) is 4.74 Å². The van der Waals surface area contributed by atoms with Gasteiger partial charge in [0, 0.05) is 30.9 Å². The van der Waals surface area contributed by atoms with Gasteiger partial charge >= 0.3 is 0 Å². The van der Waals surface area contributed by atoms with Crippen LogP contribution in [0.15, 0.2) is 18.2 Å². The van der Waals surface area contributed by atoms with Crippen LogP contribution >= 0.6 is 0 Å². The number of likely N-dealkylation sites (tertiary alicyclic amines) is 1. The minimum absolute atomic E-state index is 0.569. The predicted octanol–water partition coefficient (Wildman–Crippen LogP) is 2.90. The van der Waals surface area contributed by atoms with Crippen molar-refractivity contribution in [2.75, 3.05) is 25.5 Å². The zero-order valence-corrected chi connectivity index (χ0v) is 11.9. The van der Waals surface area contributed by atoms with Crippen LogP contribution in [-0.2, 0) is 0 Å². The van der Waals surface area contributed by atoms with Crippen molar-refractivity contribution in [3.05, 3.63) is 23.8 Å². The van der Waals surface area contributed by atoms with E-state index in [1.54, 1.807) is 7.11 Å². The van der Waals surface area contributed by atoms with E-state index in [0.29, 0.717) is 12.1 Å². The fourth-order valence-corrected chi connectivity index (χ4v) is 2.52. The molecule has 2 rings (SSSR count). The molecule has 100 valence electrons. The van der Waals surface area contributed by atoms with Crippen molar-refractivity contribution in [1.29, 1.82) is 0 Å². The Hall–Kier alpha value is -1.22. The predicted molar refractivity (Wildman–Crippen MR) is 76.5 cm³/mol. The van der Waals surface area contributed by atoms with Crippen molar-refractivity contribution in [3.63, 3.8) is 0 Å². The standard InChI is InChI=1S/C15H24N2O/c1-11(2)17-8-7-13(10-17)16-15-6-5-14(18-4)9-12(15)3/h5-6,9,11,13,16H,7-8,10H2,1-4H3. The van der Waals surface area contributed by atoms with E-state index >= 15 is 0 Å². The van der Waals surface area contributed by atoms with E-state index in [1.807, 2.05) is 6.07 Å². The molecule has 1 N–H and O–H groups in total. The van der Waals surface area contributed by atoms with Gasteiger partial charge in [-0.2, -0.15) is 0 Å². The van der Waals surface area contributed by atoms with Gasteiger partial charge in [0.05, 0.1) is 7.11 Å². The number of nitrogens with zero attached hydrogens (tertiary/aromatic N) is 1. The number of hydrogen-bond acceptors (Lipinski definition) is 3. The number of hydrogen-bond donors (Lipinski definition) is 1. The molecular formula is C15H24N2O. The third kappa shape index (κ3) is 2.96. The lowest BCUT2D eigenvalue weighted by Crippen LogP contribution is -2.31. The van der Waals surface area contributed by atoms with E-state index in [2.05, 4.69) is 43.1 Å². The maximum Gasteiger partial charge on any atom is 0.119 e. The first-order valence-corrected chi connectivity index (χ1v) is 6.75. The van der Waals surface area contributed by atoms with Gasteiger partial charge in [0.2, 0.25) is 0 Å². The summed E-state index contributed by atoms with van der Waals surface area (Å²) < 4.78 is 5.23. The molecule has 1 aliphatic rings. The van der Waals surface area contributed by atoms with Crippen LogP contribution in [0.2, 0.25) is 0 Å². The molecule has 3 heteroatoms. The smallest absolute Gasteiger partial charge is 0.119 e. The van der Waals surface area contributed by atoms with Crippen molar-refractivity contribution in [2.45, 2.75) is 39.3 Å². The van der Waals surface area contributed by atoms with E-state index in [9.17, 15) is 0 Å². The van der Waals surface area contributed by atoms with Crippen molar-refractivity contribution < 1.29 is 4.74 Å². The average Bonchev–Trinajstić information content (AvgIpc) is 2.80. The summed E-state index contributed by atoms with van der Waals surface area (Å²) in [6, 6.07) is 7.43. The third-order valence-electron chi connectivity index (χ3n) is 3.74. The van der Waals surface area contributed by atoms with E-state index in [1.165, 1.54) is 24.2 Å². The minimum atomic E-state index is 0.569. The topological polar surface area (TPSA) is 24.5 Å². The average molecular weight is 248 g/mol. The second-order valence-electron chi connectivity index (χ2n) is 5.40. The van der Waals surface area contributed by atoms with Crippen molar-refractivity contribution in [1.82, 2.24) is 4.90 Å². The van der Waals surface area contributed by atoms with E-state index < -0.39 is 0 Å². The number of rotatable bonds is 4. The second-order valence-corrected chi connectivity index (χ2v) is 5.40. The quantitative estimate of drug-likeness (QED) is 0.886. The molecule has 1 unspecified atom stereocenters. The summed E-state index contributed by atoms with van der Waals surface area (Å²) in [4.78, 5) is 2.52. The zero-order chi connectivity index (χ0) is 13.1. The van der Waals surface area contributed by atoms with Gasteiger partial charge in [-0.05, 0) is 51.0 Å². The molecule has 18 heavy (non-hydrogen) atoms. The lowest BCUT2D eigenvalue weighted by molar-refractivity contribution is 0.274. The number of anilines is 1. The lowest BCUT2D eigenvalue weighted by Gasteiger charge is -2.21. The largest absolute Gasteiger partial charge is 0.497 e. The molecule has 1 fully saturated rings. The van der Waals surface area contributed by atoms with Gasteiger partial charge in [-0.15, -0.1) is 0 Å². The Bertz CT molecular complexity index is 403. The van der Waals surface area contributed by atoms with Gasteiger partial charge in [0.25, 0.3) is 0 Å². The van der Waals surface area contributed by atoms with Crippen LogP contribution in [-0.4, -0.2) is 37.2 Å². The SMILES string of the molecule is COc1ccc(NC2CCN(C(C)C)C2)c(C)c1. The molecule has 1 heterocycles. The Labute approximate surface area is 110 Å². The fourth-order valence-electron chi connectivity index (χ4n) is 2.52. The first kappa shape index (κ1) is 13.2.